The van der Waals surface area contributed by atoms with E-state index in [0.717, 1.165) is 18.7 Å². The molecule has 1 atom stereocenters. The first-order valence-corrected chi connectivity index (χ1v) is 7.53. The summed E-state index contributed by atoms with van der Waals surface area (Å²) in [6.07, 6.45) is 0. The molecule has 2 rings (SSSR count). The molecule has 1 unspecified atom stereocenters. The van der Waals surface area contributed by atoms with E-state index >= 15 is 0 Å². The van der Waals surface area contributed by atoms with E-state index in [0.29, 0.717) is 0 Å². The number of hydrogen-bond donors (Lipinski definition) is 0. The van der Waals surface area contributed by atoms with Crippen molar-refractivity contribution in [3.8, 4) is 0 Å². The maximum Gasteiger partial charge on any atom is 0.167 e. The van der Waals surface area contributed by atoms with E-state index in [2.05, 4.69) is 36.9 Å². The van der Waals surface area contributed by atoms with Gasteiger partial charge in [-0.3, -0.25) is 4.79 Å². The van der Waals surface area contributed by atoms with Crippen LogP contribution in [0.1, 0.15) is 29.8 Å². The van der Waals surface area contributed by atoms with E-state index in [1.807, 2.05) is 43.3 Å². The number of benzene rings is 2. The molecule has 0 aliphatic carbocycles. The van der Waals surface area contributed by atoms with Gasteiger partial charge < -0.3 is 4.90 Å². The third kappa shape index (κ3) is 3.72. The topological polar surface area (TPSA) is 20.3 Å². The van der Waals surface area contributed by atoms with Gasteiger partial charge in [-0.15, -0.1) is 0 Å². The Morgan fingerprint density at radius 2 is 1.67 bits per heavy atom. The van der Waals surface area contributed by atoms with E-state index in [1.165, 1.54) is 11.3 Å². The zero-order valence-corrected chi connectivity index (χ0v) is 13.0. The van der Waals surface area contributed by atoms with Crippen LogP contribution < -0.4 is 4.90 Å². The predicted octanol–water partition coefficient (Wildman–Crippen LogP) is 4.34. The van der Waals surface area contributed by atoms with Crippen molar-refractivity contribution >= 4 is 11.5 Å². The maximum atomic E-state index is 12.5. The second-order valence-electron chi connectivity index (χ2n) is 5.46. The van der Waals surface area contributed by atoms with Crippen molar-refractivity contribution in [1.29, 1.82) is 0 Å². The van der Waals surface area contributed by atoms with Crippen molar-refractivity contribution in [1.82, 2.24) is 0 Å². The molecule has 0 radical (unpaired) electrons. The summed E-state index contributed by atoms with van der Waals surface area (Å²) >= 11 is 0. The summed E-state index contributed by atoms with van der Waals surface area (Å²) in [7, 11) is 0. The fourth-order valence-electron chi connectivity index (χ4n) is 2.62. The van der Waals surface area contributed by atoms with Crippen LogP contribution in [-0.4, -0.2) is 18.9 Å². The molecule has 2 aromatic rings. The van der Waals surface area contributed by atoms with Crippen LogP contribution in [0.3, 0.4) is 0 Å². The Labute approximate surface area is 127 Å². The van der Waals surface area contributed by atoms with Crippen molar-refractivity contribution in [2.24, 2.45) is 5.92 Å². The summed E-state index contributed by atoms with van der Waals surface area (Å²) in [5, 5.41) is 0. The molecule has 2 aromatic carbocycles. The number of aryl methyl sites for hydroxylation is 1. The van der Waals surface area contributed by atoms with Crippen LogP contribution >= 0.6 is 0 Å². The smallest absolute Gasteiger partial charge is 0.167 e. The fraction of sp³-hybridized carbons (Fsp3) is 0.316. The summed E-state index contributed by atoms with van der Waals surface area (Å²) < 4.78 is 0. The second kappa shape index (κ2) is 7.07. The summed E-state index contributed by atoms with van der Waals surface area (Å²) in [6, 6.07) is 17.9. The first kappa shape index (κ1) is 15.3. The number of hydrogen-bond acceptors (Lipinski definition) is 2. The van der Waals surface area contributed by atoms with Gasteiger partial charge in [-0.05, 0) is 25.5 Å². The monoisotopic (exact) mass is 281 g/mol. The van der Waals surface area contributed by atoms with Crippen LogP contribution in [-0.2, 0) is 0 Å². The Hall–Kier alpha value is -2.09. The van der Waals surface area contributed by atoms with Crippen LogP contribution in [0.15, 0.2) is 54.6 Å². The lowest BCUT2D eigenvalue weighted by atomic mass is 9.98. The SMILES string of the molecule is CCN(CC(C)C(=O)c1ccccc1)c1ccccc1C. The number of Topliss-reactive ketones (excluding diaryl/α,β-unsaturated/α-hetero) is 1. The lowest BCUT2D eigenvalue weighted by Gasteiger charge is -2.27. The Balaban J connectivity index is 2.12. The van der Waals surface area contributed by atoms with Gasteiger partial charge in [0.15, 0.2) is 5.78 Å². The lowest BCUT2D eigenvalue weighted by molar-refractivity contribution is 0.0933. The molecule has 2 nitrogen and oxygen atoms in total. The largest absolute Gasteiger partial charge is 0.371 e. The minimum Gasteiger partial charge on any atom is -0.371 e. The first-order valence-electron chi connectivity index (χ1n) is 7.53. The zero-order chi connectivity index (χ0) is 15.2. The van der Waals surface area contributed by atoms with Crippen molar-refractivity contribution < 1.29 is 4.79 Å². The molecule has 0 bridgehead atoms. The minimum absolute atomic E-state index is 0.0213. The predicted molar refractivity (Wildman–Crippen MR) is 89.0 cm³/mol. The Bertz CT molecular complexity index is 592. The van der Waals surface area contributed by atoms with Gasteiger partial charge in [0, 0.05) is 30.3 Å². The van der Waals surface area contributed by atoms with E-state index in [1.54, 1.807) is 0 Å². The van der Waals surface area contributed by atoms with Crippen LogP contribution in [0.2, 0.25) is 0 Å². The molecule has 0 saturated carbocycles. The van der Waals surface area contributed by atoms with Crippen molar-refractivity contribution in [2.45, 2.75) is 20.8 Å². The van der Waals surface area contributed by atoms with Crippen molar-refractivity contribution in [3.63, 3.8) is 0 Å². The maximum absolute atomic E-state index is 12.5. The van der Waals surface area contributed by atoms with Gasteiger partial charge in [-0.25, -0.2) is 0 Å². The van der Waals surface area contributed by atoms with Gasteiger partial charge in [-0.2, -0.15) is 0 Å². The average molecular weight is 281 g/mol. The number of anilines is 1. The molecule has 0 N–H and O–H groups in total. The highest BCUT2D eigenvalue weighted by Crippen LogP contribution is 2.21. The Morgan fingerprint density at radius 1 is 1.05 bits per heavy atom. The third-order valence-electron chi connectivity index (χ3n) is 3.84. The molecule has 0 spiro atoms. The normalized spacial score (nSPS) is 12.0. The molecule has 0 heterocycles. The van der Waals surface area contributed by atoms with Crippen LogP contribution in [0.25, 0.3) is 0 Å². The van der Waals surface area contributed by atoms with E-state index < -0.39 is 0 Å². The molecular weight excluding hydrogens is 258 g/mol. The molecule has 0 aliphatic heterocycles. The second-order valence-corrected chi connectivity index (χ2v) is 5.46. The highest BCUT2D eigenvalue weighted by atomic mass is 16.1. The number of ketones is 1. The first-order chi connectivity index (χ1) is 10.1. The number of carbonyl (C=O) groups is 1. The average Bonchev–Trinajstić information content (AvgIpc) is 2.53. The molecule has 2 heteroatoms. The number of carbonyl (C=O) groups excluding carboxylic acids is 1. The molecule has 21 heavy (non-hydrogen) atoms. The highest BCUT2D eigenvalue weighted by molar-refractivity contribution is 5.97. The Morgan fingerprint density at radius 3 is 2.29 bits per heavy atom. The van der Waals surface area contributed by atoms with Crippen LogP contribution in [0.5, 0.6) is 0 Å². The standard InChI is InChI=1S/C19H23NO/c1-4-20(18-13-9-8-10-15(18)2)14-16(3)19(21)17-11-6-5-7-12-17/h5-13,16H,4,14H2,1-3H3. The summed E-state index contributed by atoms with van der Waals surface area (Å²) in [6.45, 7) is 7.90. The molecule has 0 aromatic heterocycles. The summed E-state index contributed by atoms with van der Waals surface area (Å²) in [5.41, 5.74) is 3.26. The van der Waals surface area contributed by atoms with Crippen molar-refractivity contribution in [3.05, 3.63) is 65.7 Å². The third-order valence-corrected chi connectivity index (χ3v) is 3.84. The number of para-hydroxylation sites is 1. The quantitative estimate of drug-likeness (QED) is 0.734. The highest BCUT2D eigenvalue weighted by Gasteiger charge is 2.18. The number of nitrogens with zero attached hydrogens (tertiary/aromatic N) is 1. The molecule has 0 aliphatic rings. The van der Waals surface area contributed by atoms with Crippen molar-refractivity contribution in [2.75, 3.05) is 18.0 Å². The fourth-order valence-corrected chi connectivity index (χ4v) is 2.62. The van der Waals surface area contributed by atoms with Crippen LogP contribution in [0.4, 0.5) is 5.69 Å². The molecule has 0 fully saturated rings. The van der Waals surface area contributed by atoms with E-state index in [-0.39, 0.29) is 11.7 Å². The zero-order valence-electron chi connectivity index (χ0n) is 13.0. The van der Waals surface area contributed by atoms with Gasteiger partial charge in [0.05, 0.1) is 0 Å². The van der Waals surface area contributed by atoms with Gasteiger partial charge in [0.1, 0.15) is 0 Å². The number of rotatable bonds is 6. The molecular formula is C19H23NO. The van der Waals surface area contributed by atoms with Crippen LogP contribution in [0, 0.1) is 12.8 Å². The summed E-state index contributed by atoms with van der Waals surface area (Å²) in [4.78, 5) is 14.8. The molecule has 0 saturated heterocycles. The lowest BCUT2D eigenvalue weighted by Crippen LogP contribution is -2.32. The Kier molecular flexibility index (Phi) is 5.15. The van der Waals surface area contributed by atoms with Gasteiger partial charge in [-0.1, -0.05) is 55.5 Å². The molecule has 0 amide bonds. The van der Waals surface area contributed by atoms with Gasteiger partial charge in [0.2, 0.25) is 0 Å². The minimum atomic E-state index is -0.0213. The van der Waals surface area contributed by atoms with Gasteiger partial charge in [0.25, 0.3) is 0 Å². The van der Waals surface area contributed by atoms with Gasteiger partial charge >= 0.3 is 0 Å². The van der Waals surface area contributed by atoms with E-state index in [9.17, 15) is 4.79 Å². The summed E-state index contributed by atoms with van der Waals surface area (Å²) in [5.74, 6) is 0.189. The van der Waals surface area contributed by atoms with E-state index in [4.69, 9.17) is 0 Å². The molecule has 110 valence electrons.